The summed E-state index contributed by atoms with van der Waals surface area (Å²) in [6, 6.07) is 0. The Morgan fingerprint density at radius 1 is 0.667 bits per heavy atom. The number of hydrogen-bond donors (Lipinski definition) is 0. The third-order valence-electron chi connectivity index (χ3n) is 6.72. The summed E-state index contributed by atoms with van der Waals surface area (Å²) in [5.74, 6) is -2.59. The Hall–Kier alpha value is -2.12. The zero-order valence-electron chi connectivity index (χ0n) is 17.8. The molecule has 3 aliphatic carbocycles. The minimum atomic E-state index is -0.632. The maximum atomic E-state index is 12.9. The Kier molecular flexibility index (Phi) is 7.72. The molecule has 30 heavy (non-hydrogen) atoms. The maximum Gasteiger partial charge on any atom is 0.344 e. The summed E-state index contributed by atoms with van der Waals surface area (Å²) in [6.07, 6.45) is 5.36. The van der Waals surface area contributed by atoms with Gasteiger partial charge in [0.1, 0.15) is 0 Å². The van der Waals surface area contributed by atoms with Gasteiger partial charge in [-0.2, -0.15) is 0 Å². The van der Waals surface area contributed by atoms with Gasteiger partial charge in [0, 0.05) is 0 Å². The Morgan fingerprint density at radius 2 is 1.10 bits per heavy atom. The predicted molar refractivity (Wildman–Crippen MR) is 104 cm³/mol. The zero-order chi connectivity index (χ0) is 21.7. The summed E-state index contributed by atoms with van der Waals surface area (Å²) < 4.78 is 20.4. The van der Waals surface area contributed by atoms with Crippen molar-refractivity contribution in [2.24, 2.45) is 35.5 Å². The number of ether oxygens (including phenoxy) is 4. The first-order chi connectivity index (χ1) is 14.5. The normalized spacial score (nSPS) is 31.1. The van der Waals surface area contributed by atoms with Gasteiger partial charge in [-0.1, -0.05) is 20.3 Å². The highest BCUT2D eigenvalue weighted by Crippen LogP contribution is 2.63. The first kappa shape index (κ1) is 22.6. The van der Waals surface area contributed by atoms with Gasteiger partial charge < -0.3 is 18.9 Å². The summed E-state index contributed by atoms with van der Waals surface area (Å²) in [6.45, 7) is 3.40. The van der Waals surface area contributed by atoms with Gasteiger partial charge in [-0.3, -0.25) is 9.59 Å². The lowest BCUT2D eigenvalue weighted by atomic mass is 9.69. The van der Waals surface area contributed by atoms with Crippen LogP contribution in [0.1, 0.15) is 52.4 Å². The van der Waals surface area contributed by atoms with E-state index in [2.05, 4.69) is 0 Å². The van der Waals surface area contributed by atoms with Crippen LogP contribution in [0.5, 0.6) is 0 Å². The smallest absolute Gasteiger partial charge is 0.344 e. The second kappa shape index (κ2) is 10.3. The van der Waals surface area contributed by atoms with Crippen molar-refractivity contribution in [3.63, 3.8) is 0 Å². The standard InChI is InChI=1S/C22H32O8/c1-3-8-27-17(23)11-29-21(25)19-15-10-16(14-7-5-6-13(14)15)20(19)22(26)30-12-18(24)28-9-4-2/h13-16,19-20H,3-12H2,1-2H3. The van der Waals surface area contributed by atoms with E-state index in [9.17, 15) is 19.2 Å². The van der Waals surface area contributed by atoms with Crippen LogP contribution in [0.3, 0.4) is 0 Å². The Balaban J connectivity index is 1.63. The molecule has 6 atom stereocenters. The second-order valence-electron chi connectivity index (χ2n) is 8.53. The lowest BCUT2D eigenvalue weighted by Gasteiger charge is -2.35. The molecule has 0 saturated heterocycles. The monoisotopic (exact) mass is 424 g/mol. The van der Waals surface area contributed by atoms with Crippen LogP contribution in [-0.2, 0) is 38.1 Å². The molecular weight excluding hydrogens is 392 g/mol. The third kappa shape index (κ3) is 4.78. The minimum Gasteiger partial charge on any atom is -0.463 e. The van der Waals surface area contributed by atoms with Gasteiger partial charge in [0.2, 0.25) is 0 Å². The highest BCUT2D eigenvalue weighted by atomic mass is 16.6. The Bertz CT molecular complexity index is 606. The summed E-state index contributed by atoms with van der Waals surface area (Å²) in [5.41, 5.74) is 0. The highest BCUT2D eigenvalue weighted by Gasteiger charge is 2.63. The SMILES string of the molecule is CCCOC(=O)COC(=O)C1C2CC(C3CCCC32)C1C(=O)OCC(=O)OCCC. The lowest BCUT2D eigenvalue weighted by Crippen LogP contribution is -2.43. The number of rotatable bonds is 10. The molecule has 0 aliphatic heterocycles. The van der Waals surface area contributed by atoms with Gasteiger partial charge in [-0.05, 0) is 55.8 Å². The van der Waals surface area contributed by atoms with Crippen LogP contribution >= 0.6 is 0 Å². The summed E-state index contributed by atoms with van der Waals surface area (Å²) in [5, 5.41) is 0. The third-order valence-corrected chi connectivity index (χ3v) is 6.72. The molecule has 168 valence electrons. The molecular formula is C22H32O8. The van der Waals surface area contributed by atoms with Crippen molar-refractivity contribution in [1.82, 2.24) is 0 Å². The van der Waals surface area contributed by atoms with E-state index in [4.69, 9.17) is 18.9 Å². The lowest BCUT2D eigenvalue weighted by molar-refractivity contribution is -0.172. The average molecular weight is 424 g/mol. The maximum absolute atomic E-state index is 12.9. The zero-order valence-corrected chi connectivity index (χ0v) is 17.8. The molecule has 0 spiro atoms. The number of esters is 4. The largest absolute Gasteiger partial charge is 0.463 e. The van der Waals surface area contributed by atoms with Crippen LogP contribution in [0, 0.1) is 35.5 Å². The molecule has 3 aliphatic rings. The van der Waals surface area contributed by atoms with E-state index in [0.29, 0.717) is 24.7 Å². The molecule has 0 aromatic heterocycles. The molecule has 8 heteroatoms. The van der Waals surface area contributed by atoms with Gasteiger partial charge in [0.25, 0.3) is 0 Å². The molecule has 3 fully saturated rings. The van der Waals surface area contributed by atoms with Crippen molar-refractivity contribution in [1.29, 1.82) is 0 Å². The van der Waals surface area contributed by atoms with Crippen molar-refractivity contribution in [2.45, 2.75) is 52.4 Å². The quantitative estimate of drug-likeness (QED) is 0.388. The molecule has 0 aromatic carbocycles. The van der Waals surface area contributed by atoms with E-state index in [1.807, 2.05) is 13.8 Å². The summed E-state index contributed by atoms with van der Waals surface area (Å²) in [4.78, 5) is 49.1. The van der Waals surface area contributed by atoms with Gasteiger partial charge in [-0.25, -0.2) is 9.59 Å². The molecule has 0 amide bonds. The number of carbonyl (C=O) groups is 4. The number of carbonyl (C=O) groups excluding carboxylic acids is 4. The number of hydrogen-bond acceptors (Lipinski definition) is 8. The van der Waals surface area contributed by atoms with Gasteiger partial charge >= 0.3 is 23.9 Å². The molecule has 2 bridgehead atoms. The molecule has 6 unspecified atom stereocenters. The molecule has 0 heterocycles. The van der Waals surface area contributed by atoms with Gasteiger partial charge in [-0.15, -0.1) is 0 Å². The molecule has 3 rings (SSSR count). The van der Waals surface area contributed by atoms with E-state index in [1.165, 1.54) is 0 Å². The topological polar surface area (TPSA) is 105 Å². The van der Waals surface area contributed by atoms with Gasteiger partial charge in [0.15, 0.2) is 13.2 Å². The summed E-state index contributed by atoms with van der Waals surface area (Å²) >= 11 is 0. The van der Waals surface area contributed by atoms with E-state index in [-0.39, 0.29) is 25.0 Å². The van der Waals surface area contributed by atoms with Crippen molar-refractivity contribution in [3.8, 4) is 0 Å². The summed E-state index contributed by atoms with van der Waals surface area (Å²) in [7, 11) is 0. The fraction of sp³-hybridized carbons (Fsp3) is 0.818. The molecule has 8 nitrogen and oxygen atoms in total. The fourth-order valence-corrected chi connectivity index (χ4v) is 5.71. The van der Waals surface area contributed by atoms with Gasteiger partial charge in [0.05, 0.1) is 25.0 Å². The molecule has 3 saturated carbocycles. The molecule has 0 aromatic rings. The van der Waals surface area contributed by atoms with Crippen LogP contribution in [0.25, 0.3) is 0 Å². The van der Waals surface area contributed by atoms with E-state index >= 15 is 0 Å². The molecule has 0 radical (unpaired) electrons. The van der Waals surface area contributed by atoms with Crippen molar-refractivity contribution in [2.75, 3.05) is 26.4 Å². The van der Waals surface area contributed by atoms with Crippen molar-refractivity contribution in [3.05, 3.63) is 0 Å². The minimum absolute atomic E-state index is 0.0613. The van der Waals surface area contributed by atoms with Crippen molar-refractivity contribution >= 4 is 23.9 Å². The fourth-order valence-electron chi connectivity index (χ4n) is 5.71. The highest BCUT2D eigenvalue weighted by molar-refractivity contribution is 5.86. The van der Waals surface area contributed by atoms with Crippen LogP contribution in [0.15, 0.2) is 0 Å². The Morgan fingerprint density at radius 3 is 1.50 bits per heavy atom. The van der Waals surface area contributed by atoms with E-state index in [0.717, 1.165) is 25.7 Å². The van der Waals surface area contributed by atoms with Crippen molar-refractivity contribution < 1.29 is 38.1 Å². The van der Waals surface area contributed by atoms with Crippen LogP contribution < -0.4 is 0 Å². The first-order valence-corrected chi connectivity index (χ1v) is 11.1. The van der Waals surface area contributed by atoms with E-state index in [1.54, 1.807) is 0 Å². The predicted octanol–water partition coefficient (Wildman–Crippen LogP) is 2.28. The molecule has 0 N–H and O–H groups in total. The van der Waals surface area contributed by atoms with E-state index < -0.39 is 48.9 Å². The first-order valence-electron chi connectivity index (χ1n) is 11.1. The second-order valence-corrected chi connectivity index (χ2v) is 8.53. The Labute approximate surface area is 176 Å². The van der Waals surface area contributed by atoms with Crippen LogP contribution in [0.2, 0.25) is 0 Å². The van der Waals surface area contributed by atoms with Crippen LogP contribution in [0.4, 0.5) is 0 Å². The average Bonchev–Trinajstić information content (AvgIpc) is 3.44. The van der Waals surface area contributed by atoms with Crippen LogP contribution in [-0.4, -0.2) is 50.3 Å². The number of fused-ring (bicyclic) bond motifs is 5.